The van der Waals surface area contributed by atoms with Gasteiger partial charge in [0.2, 0.25) is 0 Å². The van der Waals surface area contributed by atoms with Gasteiger partial charge in [-0.1, -0.05) is 0 Å². The third-order valence-electron chi connectivity index (χ3n) is 4.90. The largest absolute Gasteiger partial charge is 0.470 e. The standard InChI is InChI=1S/C16H29N2O14P/c1-5(19)27-3-8-14(32-33(24,25)26)12(22)10(18)16(31-8)28-4-7-13(29-6(2)20)11(21)9(17)15(23)30-7/h7-16,21-23H,3-4,17-18H2,1-2H3,(H2,24,25,26)/t7-,8-,9-,10-,11-,12-,13-,14-,15+,16-/m1/s1. The number of phosphoric acid groups is 1. The Labute approximate surface area is 187 Å². The molecule has 0 aromatic carbocycles. The van der Waals surface area contributed by atoms with Crippen LogP contribution in [0.1, 0.15) is 13.8 Å². The first-order valence-electron chi connectivity index (χ1n) is 9.73. The van der Waals surface area contributed by atoms with Crippen molar-refractivity contribution in [2.45, 2.75) is 75.1 Å². The second-order valence-electron chi connectivity index (χ2n) is 7.51. The monoisotopic (exact) mass is 504 g/mol. The van der Waals surface area contributed by atoms with Crippen molar-refractivity contribution in [2.24, 2.45) is 11.5 Å². The summed E-state index contributed by atoms with van der Waals surface area (Å²) >= 11 is 0. The zero-order chi connectivity index (χ0) is 25.1. The van der Waals surface area contributed by atoms with E-state index in [4.69, 9.17) is 44.9 Å². The van der Waals surface area contributed by atoms with E-state index in [-0.39, 0.29) is 0 Å². The number of aliphatic hydroxyl groups is 3. The molecule has 33 heavy (non-hydrogen) atoms. The molecule has 0 amide bonds. The van der Waals surface area contributed by atoms with Crippen LogP contribution in [0.4, 0.5) is 0 Å². The Kier molecular flexibility index (Phi) is 9.70. The maximum Gasteiger partial charge on any atom is 0.470 e. The van der Waals surface area contributed by atoms with Crippen LogP contribution in [0.3, 0.4) is 0 Å². The van der Waals surface area contributed by atoms with E-state index in [0.717, 1.165) is 13.8 Å². The minimum atomic E-state index is -5.09. The summed E-state index contributed by atoms with van der Waals surface area (Å²) in [6, 6.07) is -2.69. The van der Waals surface area contributed by atoms with E-state index < -0.39 is 94.3 Å². The Morgan fingerprint density at radius 3 is 2.03 bits per heavy atom. The Morgan fingerprint density at radius 1 is 0.909 bits per heavy atom. The summed E-state index contributed by atoms with van der Waals surface area (Å²) in [7, 11) is -5.09. The van der Waals surface area contributed by atoms with Gasteiger partial charge in [-0.3, -0.25) is 14.1 Å². The van der Waals surface area contributed by atoms with Gasteiger partial charge < -0.3 is 60.3 Å². The molecule has 192 valence electrons. The highest BCUT2D eigenvalue weighted by Gasteiger charge is 2.49. The van der Waals surface area contributed by atoms with Crippen LogP contribution in [0.2, 0.25) is 0 Å². The average Bonchev–Trinajstić information content (AvgIpc) is 2.69. The smallest absolute Gasteiger partial charge is 0.463 e. The van der Waals surface area contributed by atoms with E-state index in [1.807, 2.05) is 0 Å². The van der Waals surface area contributed by atoms with E-state index in [1.165, 1.54) is 0 Å². The Bertz CT molecular complexity index is 736. The van der Waals surface area contributed by atoms with Gasteiger partial charge >= 0.3 is 19.8 Å². The molecule has 0 unspecified atom stereocenters. The third-order valence-corrected chi connectivity index (χ3v) is 5.42. The molecule has 2 aliphatic heterocycles. The van der Waals surface area contributed by atoms with E-state index in [2.05, 4.69) is 4.52 Å². The van der Waals surface area contributed by atoms with Crippen LogP contribution in [-0.2, 0) is 42.4 Å². The summed E-state index contributed by atoms with van der Waals surface area (Å²) in [5.74, 6) is -1.51. The lowest BCUT2D eigenvalue weighted by Crippen LogP contribution is -2.65. The molecule has 0 spiro atoms. The first-order chi connectivity index (χ1) is 15.2. The second-order valence-corrected chi connectivity index (χ2v) is 8.71. The quantitative estimate of drug-likeness (QED) is 0.122. The summed E-state index contributed by atoms with van der Waals surface area (Å²) in [6.07, 6.45) is -12.0. The molecule has 9 N–H and O–H groups in total. The van der Waals surface area contributed by atoms with Gasteiger partial charge in [-0.2, -0.15) is 0 Å². The molecule has 2 saturated heterocycles. The maximum atomic E-state index is 11.4. The summed E-state index contributed by atoms with van der Waals surface area (Å²) in [6.45, 7) is 1.10. The van der Waals surface area contributed by atoms with E-state index in [9.17, 15) is 29.5 Å². The van der Waals surface area contributed by atoms with Crippen LogP contribution in [0.15, 0.2) is 0 Å². The molecule has 2 rings (SSSR count). The lowest BCUT2D eigenvalue weighted by molar-refractivity contribution is -0.294. The van der Waals surface area contributed by atoms with Crippen molar-refractivity contribution in [1.82, 2.24) is 0 Å². The number of aliphatic hydroxyl groups excluding tert-OH is 3. The van der Waals surface area contributed by atoms with E-state index >= 15 is 0 Å². The molecule has 16 nitrogen and oxygen atoms in total. The highest BCUT2D eigenvalue weighted by molar-refractivity contribution is 7.46. The summed E-state index contributed by atoms with van der Waals surface area (Å²) in [5, 5.41) is 30.5. The van der Waals surface area contributed by atoms with Crippen molar-refractivity contribution in [3.63, 3.8) is 0 Å². The van der Waals surface area contributed by atoms with Crippen LogP contribution in [0.5, 0.6) is 0 Å². The molecule has 0 saturated carbocycles. The number of phosphoric ester groups is 1. The molecule has 2 fully saturated rings. The van der Waals surface area contributed by atoms with Gasteiger partial charge in [0.1, 0.15) is 37.1 Å². The third kappa shape index (κ3) is 7.61. The number of hydrogen-bond acceptors (Lipinski definition) is 14. The minimum absolute atomic E-state index is 0.492. The molecule has 2 heterocycles. The molecule has 0 aromatic rings. The first kappa shape index (κ1) is 28.0. The molecule has 0 aromatic heterocycles. The molecule has 0 bridgehead atoms. The van der Waals surface area contributed by atoms with Crippen LogP contribution in [0.25, 0.3) is 0 Å². The predicted molar refractivity (Wildman–Crippen MR) is 103 cm³/mol. The number of hydrogen-bond donors (Lipinski definition) is 7. The molecular formula is C16H29N2O14P. The average molecular weight is 504 g/mol. The fraction of sp³-hybridized carbons (Fsp3) is 0.875. The van der Waals surface area contributed by atoms with Gasteiger partial charge in [-0.05, 0) is 0 Å². The highest BCUT2D eigenvalue weighted by atomic mass is 31.2. The number of esters is 2. The minimum Gasteiger partial charge on any atom is -0.463 e. The van der Waals surface area contributed by atoms with Crippen molar-refractivity contribution in [3.8, 4) is 0 Å². The van der Waals surface area contributed by atoms with Crippen molar-refractivity contribution >= 4 is 19.8 Å². The SMILES string of the molecule is CC(=O)OC[C@H]1O[C@@H](OC[C@H]2O[C@H](O)[C@H](N)[C@@H](O)[C@@H]2OC(C)=O)[C@H](N)[C@@H](O)[C@@H]1OP(=O)(O)O. The lowest BCUT2D eigenvalue weighted by Gasteiger charge is -2.44. The van der Waals surface area contributed by atoms with Gasteiger partial charge in [-0.25, -0.2) is 4.57 Å². The fourth-order valence-electron chi connectivity index (χ4n) is 3.33. The first-order valence-corrected chi connectivity index (χ1v) is 11.3. The Balaban J connectivity index is 2.14. The number of nitrogens with two attached hydrogens (primary N) is 2. The molecule has 0 aliphatic carbocycles. The van der Waals surface area contributed by atoms with Crippen molar-refractivity contribution in [1.29, 1.82) is 0 Å². The maximum absolute atomic E-state index is 11.4. The van der Waals surface area contributed by atoms with Crippen molar-refractivity contribution in [2.75, 3.05) is 13.2 Å². The second kappa shape index (κ2) is 11.4. The molecule has 10 atom stereocenters. The van der Waals surface area contributed by atoms with Crippen LogP contribution in [0, 0.1) is 0 Å². The zero-order valence-corrected chi connectivity index (χ0v) is 18.6. The Morgan fingerprint density at radius 2 is 1.48 bits per heavy atom. The van der Waals surface area contributed by atoms with Gasteiger partial charge in [0.05, 0.1) is 18.7 Å². The molecule has 17 heteroatoms. The van der Waals surface area contributed by atoms with Gasteiger partial charge in [-0.15, -0.1) is 0 Å². The zero-order valence-electron chi connectivity index (χ0n) is 17.7. The van der Waals surface area contributed by atoms with E-state index in [0.29, 0.717) is 0 Å². The number of ether oxygens (including phenoxy) is 5. The topological polar surface area (TPSA) is 260 Å². The van der Waals surface area contributed by atoms with Gasteiger partial charge in [0, 0.05) is 13.8 Å². The molecular weight excluding hydrogens is 475 g/mol. The normalized spacial score (nSPS) is 39.7. The summed E-state index contributed by atoms with van der Waals surface area (Å²) in [5.41, 5.74) is 11.5. The molecule has 2 aliphatic rings. The predicted octanol–water partition coefficient (Wildman–Crippen LogP) is -4.21. The Hall–Kier alpha value is -1.27. The lowest BCUT2D eigenvalue weighted by atomic mass is 9.96. The number of rotatable bonds is 8. The molecule has 0 radical (unpaired) electrons. The fourth-order valence-corrected chi connectivity index (χ4v) is 3.91. The van der Waals surface area contributed by atoms with Crippen molar-refractivity contribution in [3.05, 3.63) is 0 Å². The summed E-state index contributed by atoms with van der Waals surface area (Å²) in [4.78, 5) is 40.7. The van der Waals surface area contributed by atoms with Crippen LogP contribution >= 0.6 is 7.82 Å². The van der Waals surface area contributed by atoms with Crippen molar-refractivity contribution < 1.29 is 67.5 Å². The van der Waals surface area contributed by atoms with Crippen LogP contribution < -0.4 is 11.5 Å². The van der Waals surface area contributed by atoms with Gasteiger partial charge in [0.15, 0.2) is 18.7 Å². The van der Waals surface area contributed by atoms with E-state index in [1.54, 1.807) is 0 Å². The van der Waals surface area contributed by atoms with Crippen LogP contribution in [-0.4, -0.2) is 112 Å². The number of carbonyl (C=O) groups is 2. The highest BCUT2D eigenvalue weighted by Crippen LogP contribution is 2.41. The van der Waals surface area contributed by atoms with Gasteiger partial charge in [0.25, 0.3) is 0 Å². The number of carbonyl (C=O) groups excluding carboxylic acids is 2. The summed E-state index contributed by atoms with van der Waals surface area (Å²) < 4.78 is 41.8.